The van der Waals surface area contributed by atoms with Gasteiger partial charge < -0.3 is 4.74 Å². The molecule has 1 aromatic carbocycles. The zero-order valence-corrected chi connectivity index (χ0v) is 11.3. The van der Waals surface area contributed by atoms with Gasteiger partial charge in [0.1, 0.15) is 5.75 Å². The molecule has 0 heterocycles. The molecule has 0 radical (unpaired) electrons. The molecule has 0 atom stereocenters. The van der Waals surface area contributed by atoms with E-state index in [2.05, 4.69) is 0 Å². The highest BCUT2D eigenvalue weighted by molar-refractivity contribution is 7.98. The molecule has 92 valence electrons. The van der Waals surface area contributed by atoms with E-state index >= 15 is 0 Å². The fourth-order valence-corrected chi connectivity index (χ4v) is 2.66. The van der Waals surface area contributed by atoms with Gasteiger partial charge in [0.2, 0.25) is 0 Å². The largest absolute Gasteiger partial charge is 0.490 e. The van der Waals surface area contributed by atoms with Crippen molar-refractivity contribution in [1.29, 1.82) is 0 Å². The van der Waals surface area contributed by atoms with E-state index in [4.69, 9.17) is 16.3 Å². The van der Waals surface area contributed by atoms with Crippen LogP contribution in [-0.4, -0.2) is 17.6 Å². The van der Waals surface area contributed by atoms with E-state index in [1.54, 1.807) is 17.8 Å². The second kappa shape index (κ2) is 5.78. The summed E-state index contributed by atoms with van der Waals surface area (Å²) in [6.45, 7) is 0. The van der Waals surface area contributed by atoms with Crippen molar-refractivity contribution in [2.45, 2.75) is 36.7 Å². The van der Waals surface area contributed by atoms with E-state index < -0.39 is 5.24 Å². The number of benzene rings is 1. The fourth-order valence-electron chi connectivity index (χ4n) is 2.08. The average Bonchev–Trinajstić information content (AvgIpc) is 2.81. The number of ether oxygens (including phenoxy) is 1. The summed E-state index contributed by atoms with van der Waals surface area (Å²) in [6, 6.07) is 5.53. The highest BCUT2D eigenvalue weighted by Gasteiger charge is 2.19. The summed E-state index contributed by atoms with van der Waals surface area (Å²) in [5, 5.41) is -0.453. The van der Waals surface area contributed by atoms with Crippen molar-refractivity contribution >= 4 is 28.6 Å². The monoisotopic (exact) mass is 270 g/mol. The van der Waals surface area contributed by atoms with E-state index in [1.807, 2.05) is 18.4 Å². The second-order valence-electron chi connectivity index (χ2n) is 4.16. The van der Waals surface area contributed by atoms with Crippen LogP contribution in [0.15, 0.2) is 23.1 Å². The van der Waals surface area contributed by atoms with E-state index in [9.17, 15) is 4.79 Å². The summed E-state index contributed by atoms with van der Waals surface area (Å²) in [6.07, 6.45) is 6.78. The number of carbonyl (C=O) groups is 1. The standard InChI is InChI=1S/C13H15ClO2S/c1-17-10-6-7-11(13(14)15)12(8-10)16-9-4-2-3-5-9/h6-9H,2-5H2,1H3. The lowest BCUT2D eigenvalue weighted by Gasteiger charge is -2.15. The van der Waals surface area contributed by atoms with E-state index in [-0.39, 0.29) is 6.10 Å². The van der Waals surface area contributed by atoms with Crippen molar-refractivity contribution in [2.24, 2.45) is 0 Å². The summed E-state index contributed by atoms with van der Waals surface area (Å²) in [4.78, 5) is 12.4. The van der Waals surface area contributed by atoms with Gasteiger partial charge >= 0.3 is 0 Å². The van der Waals surface area contributed by atoms with Crippen LogP contribution < -0.4 is 4.74 Å². The SMILES string of the molecule is CSc1ccc(C(=O)Cl)c(OC2CCCC2)c1. The molecule has 0 unspecified atom stereocenters. The molecule has 0 amide bonds. The number of hydrogen-bond donors (Lipinski definition) is 0. The van der Waals surface area contributed by atoms with E-state index in [1.165, 1.54) is 12.8 Å². The lowest BCUT2D eigenvalue weighted by atomic mass is 10.2. The van der Waals surface area contributed by atoms with Gasteiger partial charge in [0, 0.05) is 4.90 Å². The molecular weight excluding hydrogens is 256 g/mol. The quantitative estimate of drug-likeness (QED) is 0.608. The van der Waals surface area contributed by atoms with Crippen molar-refractivity contribution in [2.75, 3.05) is 6.26 Å². The van der Waals surface area contributed by atoms with Crippen LogP contribution in [0.3, 0.4) is 0 Å². The molecule has 1 aliphatic rings. The first kappa shape index (κ1) is 12.8. The normalized spacial score (nSPS) is 16.1. The van der Waals surface area contributed by atoms with Crippen LogP contribution in [0.25, 0.3) is 0 Å². The Bertz CT molecular complexity index is 414. The van der Waals surface area contributed by atoms with Gasteiger partial charge in [-0.05, 0) is 61.7 Å². The topological polar surface area (TPSA) is 26.3 Å². The Kier molecular flexibility index (Phi) is 4.35. The molecular formula is C13H15ClO2S. The van der Waals surface area contributed by atoms with Crippen LogP contribution in [0.2, 0.25) is 0 Å². The molecule has 0 bridgehead atoms. The van der Waals surface area contributed by atoms with Gasteiger partial charge in [-0.25, -0.2) is 0 Å². The van der Waals surface area contributed by atoms with Crippen molar-refractivity contribution in [3.8, 4) is 5.75 Å². The summed E-state index contributed by atoms with van der Waals surface area (Å²) in [5.74, 6) is 0.628. The summed E-state index contributed by atoms with van der Waals surface area (Å²) >= 11 is 7.19. The zero-order valence-electron chi connectivity index (χ0n) is 9.74. The Hall–Kier alpha value is -0.670. The predicted octanol–water partition coefficient (Wildman–Crippen LogP) is 4.11. The first-order valence-electron chi connectivity index (χ1n) is 5.75. The molecule has 1 fully saturated rings. The third-order valence-electron chi connectivity index (χ3n) is 3.00. The summed E-state index contributed by atoms with van der Waals surface area (Å²) < 4.78 is 5.89. The average molecular weight is 271 g/mol. The van der Waals surface area contributed by atoms with Crippen molar-refractivity contribution in [1.82, 2.24) is 0 Å². The predicted molar refractivity (Wildman–Crippen MR) is 71.3 cm³/mol. The first-order valence-corrected chi connectivity index (χ1v) is 7.35. The maximum atomic E-state index is 11.3. The first-order chi connectivity index (χ1) is 8.20. The lowest BCUT2D eigenvalue weighted by molar-refractivity contribution is 0.107. The number of hydrogen-bond acceptors (Lipinski definition) is 3. The minimum absolute atomic E-state index is 0.238. The maximum Gasteiger partial charge on any atom is 0.256 e. The second-order valence-corrected chi connectivity index (χ2v) is 5.38. The van der Waals surface area contributed by atoms with Crippen LogP contribution in [0, 0.1) is 0 Å². The van der Waals surface area contributed by atoms with Crippen molar-refractivity contribution in [3.63, 3.8) is 0 Å². The molecule has 1 saturated carbocycles. The Labute approximate surface area is 111 Å². The molecule has 0 aromatic heterocycles. The number of halogens is 1. The molecule has 4 heteroatoms. The van der Waals surface area contributed by atoms with Gasteiger partial charge in [-0.3, -0.25) is 4.79 Å². The Balaban J connectivity index is 2.24. The molecule has 0 N–H and O–H groups in total. The van der Waals surface area contributed by atoms with Crippen molar-refractivity contribution < 1.29 is 9.53 Å². The Morgan fingerprint density at radius 3 is 2.71 bits per heavy atom. The lowest BCUT2D eigenvalue weighted by Crippen LogP contribution is -2.12. The van der Waals surface area contributed by atoms with Crippen molar-refractivity contribution in [3.05, 3.63) is 23.8 Å². The number of carbonyl (C=O) groups excluding carboxylic acids is 1. The molecule has 0 saturated heterocycles. The highest BCUT2D eigenvalue weighted by Crippen LogP contribution is 2.30. The molecule has 0 aliphatic heterocycles. The minimum atomic E-state index is -0.453. The summed E-state index contributed by atoms with van der Waals surface area (Å²) in [7, 11) is 0. The minimum Gasteiger partial charge on any atom is -0.490 e. The van der Waals surface area contributed by atoms with Gasteiger partial charge in [0.15, 0.2) is 0 Å². The van der Waals surface area contributed by atoms with E-state index in [0.29, 0.717) is 11.3 Å². The summed E-state index contributed by atoms with van der Waals surface area (Å²) in [5.41, 5.74) is 0.469. The third-order valence-corrected chi connectivity index (χ3v) is 3.93. The van der Waals surface area contributed by atoms with Crippen LogP contribution in [0.4, 0.5) is 0 Å². The number of rotatable bonds is 4. The Morgan fingerprint density at radius 1 is 1.41 bits per heavy atom. The Morgan fingerprint density at radius 2 is 2.12 bits per heavy atom. The van der Waals surface area contributed by atoms with E-state index in [0.717, 1.165) is 17.7 Å². The smallest absolute Gasteiger partial charge is 0.256 e. The zero-order chi connectivity index (χ0) is 12.3. The molecule has 17 heavy (non-hydrogen) atoms. The van der Waals surface area contributed by atoms with Gasteiger partial charge in [0.05, 0.1) is 11.7 Å². The third kappa shape index (κ3) is 3.17. The molecule has 1 aromatic rings. The number of thioether (sulfide) groups is 1. The molecule has 0 spiro atoms. The molecule has 2 rings (SSSR count). The maximum absolute atomic E-state index is 11.3. The van der Waals surface area contributed by atoms with Crippen LogP contribution in [0.1, 0.15) is 36.0 Å². The highest BCUT2D eigenvalue weighted by atomic mass is 35.5. The molecule has 1 aliphatic carbocycles. The van der Waals surface area contributed by atoms with Gasteiger partial charge in [-0.2, -0.15) is 0 Å². The fraction of sp³-hybridized carbons (Fsp3) is 0.462. The van der Waals surface area contributed by atoms with Gasteiger partial charge in [0.25, 0.3) is 5.24 Å². The van der Waals surface area contributed by atoms with Gasteiger partial charge in [-0.1, -0.05) is 0 Å². The van der Waals surface area contributed by atoms with Crippen LogP contribution >= 0.6 is 23.4 Å². The molecule has 2 nitrogen and oxygen atoms in total. The van der Waals surface area contributed by atoms with Crippen LogP contribution in [-0.2, 0) is 0 Å². The van der Waals surface area contributed by atoms with Crippen LogP contribution in [0.5, 0.6) is 5.75 Å². The van der Waals surface area contributed by atoms with Gasteiger partial charge in [-0.15, -0.1) is 11.8 Å².